The van der Waals surface area contributed by atoms with Crippen LogP contribution in [-0.2, 0) is 0 Å². The van der Waals surface area contributed by atoms with E-state index < -0.39 is 5.97 Å². The number of carbonyl (C=O) groups is 2. The lowest BCUT2D eigenvalue weighted by molar-refractivity contribution is 0.0696. The van der Waals surface area contributed by atoms with Crippen LogP contribution in [0, 0.1) is 5.41 Å². The Bertz CT molecular complexity index is 515. The molecule has 2 amide bonds. The van der Waals surface area contributed by atoms with Gasteiger partial charge in [-0.15, -0.1) is 0 Å². The van der Waals surface area contributed by atoms with Gasteiger partial charge in [0.1, 0.15) is 0 Å². The number of nitrogens with one attached hydrogen (secondary N) is 2. The van der Waals surface area contributed by atoms with Crippen molar-refractivity contribution in [3.05, 3.63) is 24.0 Å². The van der Waals surface area contributed by atoms with Crippen molar-refractivity contribution in [2.75, 3.05) is 32.5 Å². The molecule has 0 bridgehead atoms. The van der Waals surface area contributed by atoms with E-state index in [9.17, 15) is 9.59 Å². The summed E-state index contributed by atoms with van der Waals surface area (Å²) in [5, 5.41) is 14.2. The Labute approximate surface area is 124 Å². The van der Waals surface area contributed by atoms with E-state index in [1.807, 2.05) is 14.1 Å². The molecule has 0 radical (unpaired) electrons. The summed E-state index contributed by atoms with van der Waals surface area (Å²) in [6, 6.07) is 0.978. The van der Waals surface area contributed by atoms with E-state index in [0.29, 0.717) is 12.2 Å². The molecule has 0 saturated carbocycles. The minimum atomic E-state index is -1.08. The number of hydrogen-bond donors (Lipinski definition) is 3. The number of urea groups is 1. The van der Waals surface area contributed by atoms with Gasteiger partial charge in [-0.1, -0.05) is 13.8 Å². The van der Waals surface area contributed by atoms with Crippen LogP contribution in [0.5, 0.6) is 0 Å². The average molecular weight is 294 g/mol. The lowest BCUT2D eigenvalue weighted by atomic mass is 9.93. The van der Waals surface area contributed by atoms with Gasteiger partial charge in [-0.25, -0.2) is 9.59 Å². The van der Waals surface area contributed by atoms with E-state index in [1.165, 1.54) is 18.5 Å². The highest BCUT2D eigenvalue weighted by Crippen LogP contribution is 2.14. The second kappa shape index (κ2) is 7.03. The van der Waals surface area contributed by atoms with E-state index in [-0.39, 0.29) is 17.0 Å². The van der Waals surface area contributed by atoms with Crippen LogP contribution in [-0.4, -0.2) is 54.2 Å². The molecule has 0 fully saturated rings. The molecule has 116 valence electrons. The van der Waals surface area contributed by atoms with Gasteiger partial charge in [0.05, 0.1) is 17.4 Å². The zero-order chi connectivity index (χ0) is 16.0. The van der Waals surface area contributed by atoms with Crippen molar-refractivity contribution < 1.29 is 14.7 Å². The first kappa shape index (κ1) is 16.9. The van der Waals surface area contributed by atoms with Crippen molar-refractivity contribution in [1.29, 1.82) is 0 Å². The minimum absolute atomic E-state index is 0.0285. The molecule has 0 saturated heterocycles. The first-order valence-corrected chi connectivity index (χ1v) is 6.57. The molecule has 1 heterocycles. The Kier molecular flexibility index (Phi) is 5.66. The van der Waals surface area contributed by atoms with Gasteiger partial charge < -0.3 is 20.6 Å². The number of rotatable bonds is 6. The molecule has 1 aromatic heterocycles. The van der Waals surface area contributed by atoms with E-state index in [2.05, 4.69) is 34.4 Å². The zero-order valence-electron chi connectivity index (χ0n) is 12.8. The molecule has 0 atom stereocenters. The fourth-order valence-electron chi connectivity index (χ4n) is 2.03. The molecule has 0 aliphatic rings. The summed E-state index contributed by atoms with van der Waals surface area (Å²) in [5.41, 5.74) is 0.306. The number of hydrogen-bond acceptors (Lipinski definition) is 4. The number of aromatic carboxylic acids is 1. The van der Waals surface area contributed by atoms with Crippen LogP contribution in [0.15, 0.2) is 18.5 Å². The summed E-state index contributed by atoms with van der Waals surface area (Å²) in [4.78, 5) is 28.5. The molecule has 0 unspecified atom stereocenters. The van der Waals surface area contributed by atoms with Gasteiger partial charge in [0.15, 0.2) is 0 Å². The summed E-state index contributed by atoms with van der Waals surface area (Å²) in [6.45, 7) is 5.45. The highest BCUT2D eigenvalue weighted by Gasteiger charge is 2.19. The Hall–Kier alpha value is -2.15. The molecular formula is C14H22N4O3. The first-order chi connectivity index (χ1) is 9.69. The smallest absolute Gasteiger partial charge is 0.337 e. The standard InChI is InChI=1S/C14H22N4O3/c1-14(2,9-18(3)4)8-16-13(21)17-11-5-10(12(19)20)6-15-7-11/h5-7H,8-9H2,1-4H3,(H,19,20)(H2,16,17,21). The Balaban J connectivity index is 2.54. The van der Waals surface area contributed by atoms with Crippen LogP contribution in [0.25, 0.3) is 0 Å². The summed E-state index contributed by atoms with van der Waals surface area (Å²) < 4.78 is 0. The molecule has 7 heteroatoms. The van der Waals surface area contributed by atoms with Crippen LogP contribution < -0.4 is 10.6 Å². The number of amides is 2. The molecule has 0 aromatic carbocycles. The van der Waals surface area contributed by atoms with Gasteiger partial charge in [-0.05, 0) is 25.6 Å². The van der Waals surface area contributed by atoms with E-state index >= 15 is 0 Å². The van der Waals surface area contributed by atoms with E-state index in [4.69, 9.17) is 5.11 Å². The number of anilines is 1. The second-order valence-electron chi connectivity index (χ2n) is 5.98. The third kappa shape index (κ3) is 6.22. The van der Waals surface area contributed by atoms with Gasteiger partial charge in [0, 0.05) is 19.3 Å². The van der Waals surface area contributed by atoms with Crippen molar-refractivity contribution in [1.82, 2.24) is 15.2 Å². The normalized spacial score (nSPS) is 11.3. The Morgan fingerprint density at radius 2 is 2.00 bits per heavy atom. The van der Waals surface area contributed by atoms with Crippen LogP contribution >= 0.6 is 0 Å². The second-order valence-corrected chi connectivity index (χ2v) is 5.98. The SMILES string of the molecule is CN(C)CC(C)(C)CNC(=O)Nc1cncc(C(=O)O)c1. The summed E-state index contributed by atoms with van der Waals surface area (Å²) >= 11 is 0. The molecule has 1 rings (SSSR count). The largest absolute Gasteiger partial charge is 0.478 e. The fourth-order valence-corrected chi connectivity index (χ4v) is 2.03. The molecule has 0 aliphatic carbocycles. The van der Waals surface area contributed by atoms with Crippen LogP contribution in [0.2, 0.25) is 0 Å². The van der Waals surface area contributed by atoms with Crippen molar-refractivity contribution in [3.63, 3.8) is 0 Å². The number of aromatic nitrogens is 1. The molecule has 21 heavy (non-hydrogen) atoms. The number of carboxylic acids is 1. The lowest BCUT2D eigenvalue weighted by Crippen LogP contribution is -2.41. The predicted molar refractivity (Wildman–Crippen MR) is 80.6 cm³/mol. The molecule has 0 aliphatic heterocycles. The summed E-state index contributed by atoms with van der Waals surface area (Å²) in [6.07, 6.45) is 2.63. The monoisotopic (exact) mass is 294 g/mol. The van der Waals surface area contributed by atoms with Crippen molar-refractivity contribution in [3.8, 4) is 0 Å². The highest BCUT2D eigenvalue weighted by atomic mass is 16.4. The molecular weight excluding hydrogens is 272 g/mol. The average Bonchev–Trinajstić information content (AvgIpc) is 2.35. The maximum Gasteiger partial charge on any atom is 0.337 e. The van der Waals surface area contributed by atoms with Crippen molar-refractivity contribution in [2.24, 2.45) is 5.41 Å². The summed E-state index contributed by atoms with van der Waals surface area (Å²) in [7, 11) is 3.95. The number of carbonyl (C=O) groups excluding carboxylic acids is 1. The maximum absolute atomic E-state index is 11.8. The third-order valence-corrected chi connectivity index (χ3v) is 2.71. The van der Waals surface area contributed by atoms with Crippen LogP contribution in [0.4, 0.5) is 10.5 Å². The lowest BCUT2D eigenvalue weighted by Gasteiger charge is -2.28. The van der Waals surface area contributed by atoms with Crippen LogP contribution in [0.3, 0.4) is 0 Å². The third-order valence-electron chi connectivity index (χ3n) is 2.71. The topological polar surface area (TPSA) is 94.6 Å². The van der Waals surface area contributed by atoms with Gasteiger partial charge in [-0.3, -0.25) is 4.98 Å². The van der Waals surface area contributed by atoms with Crippen molar-refractivity contribution >= 4 is 17.7 Å². The zero-order valence-corrected chi connectivity index (χ0v) is 12.8. The van der Waals surface area contributed by atoms with Gasteiger partial charge >= 0.3 is 12.0 Å². The molecule has 1 aromatic rings. The van der Waals surface area contributed by atoms with Gasteiger partial charge in [-0.2, -0.15) is 0 Å². The quantitative estimate of drug-likeness (QED) is 0.739. The number of nitrogens with zero attached hydrogens (tertiary/aromatic N) is 2. The van der Waals surface area contributed by atoms with Gasteiger partial charge in [0.2, 0.25) is 0 Å². The van der Waals surface area contributed by atoms with Crippen LogP contribution in [0.1, 0.15) is 24.2 Å². The Morgan fingerprint density at radius 1 is 1.33 bits per heavy atom. The highest BCUT2D eigenvalue weighted by molar-refractivity contribution is 5.92. The number of pyridine rings is 1. The first-order valence-electron chi connectivity index (χ1n) is 6.57. The minimum Gasteiger partial charge on any atom is -0.478 e. The number of carboxylic acid groups (broad SMARTS) is 1. The molecule has 7 nitrogen and oxygen atoms in total. The van der Waals surface area contributed by atoms with E-state index in [0.717, 1.165) is 6.54 Å². The summed E-state index contributed by atoms with van der Waals surface area (Å²) in [5.74, 6) is -1.08. The van der Waals surface area contributed by atoms with E-state index in [1.54, 1.807) is 0 Å². The molecule has 3 N–H and O–H groups in total. The maximum atomic E-state index is 11.8. The fraction of sp³-hybridized carbons (Fsp3) is 0.500. The van der Waals surface area contributed by atoms with Crippen molar-refractivity contribution in [2.45, 2.75) is 13.8 Å². The van der Waals surface area contributed by atoms with Gasteiger partial charge in [0.25, 0.3) is 0 Å². The Morgan fingerprint density at radius 3 is 2.57 bits per heavy atom. The molecule has 0 spiro atoms. The predicted octanol–water partition coefficient (Wildman–Crippen LogP) is 1.49.